The summed E-state index contributed by atoms with van der Waals surface area (Å²) in [6.45, 7) is 0. The monoisotopic (exact) mass is 362 g/mol. The Morgan fingerprint density at radius 1 is 1.15 bits per heavy atom. The highest BCUT2D eigenvalue weighted by Gasteiger charge is 2.30. The molecule has 0 aliphatic carbocycles. The molecule has 0 radical (unpaired) electrons. The van der Waals surface area contributed by atoms with Crippen molar-refractivity contribution < 1.29 is 22.7 Å². The molecule has 1 aromatic heterocycles. The molecule has 26 heavy (non-hydrogen) atoms. The first-order chi connectivity index (χ1) is 12.3. The molecule has 0 atom stereocenters. The maximum Gasteiger partial charge on any atom is 0.416 e. The number of nitrogens with two attached hydrogens (primary N) is 1. The minimum absolute atomic E-state index is 0.221. The third-order valence-electron chi connectivity index (χ3n) is 3.68. The Kier molecular flexibility index (Phi) is 4.37. The number of alkyl halides is 3. The molecule has 2 N–H and O–H groups in total. The van der Waals surface area contributed by atoms with Crippen LogP contribution in [0.25, 0.3) is 17.1 Å². The van der Waals surface area contributed by atoms with Gasteiger partial charge >= 0.3 is 6.18 Å². The predicted octanol–water partition coefficient (Wildman–Crippen LogP) is 3.06. The number of primary amides is 1. The van der Waals surface area contributed by atoms with E-state index in [0.717, 1.165) is 12.1 Å². The molecule has 0 aliphatic rings. The third-order valence-corrected chi connectivity index (χ3v) is 3.68. The Morgan fingerprint density at radius 2 is 1.85 bits per heavy atom. The number of rotatable bonds is 4. The standard InChI is InChI=1S/C17H13F3N4O2/c1-26-14-8-10(2-7-13(14)15(21)25)16-22-9-24(23-16)12-5-3-11(4-6-12)17(18,19)20/h2-9H,1H3,(H2,21,25). The summed E-state index contributed by atoms with van der Waals surface area (Å²) in [5, 5.41) is 4.25. The summed E-state index contributed by atoms with van der Waals surface area (Å²) in [4.78, 5) is 15.5. The van der Waals surface area contributed by atoms with Crippen LogP contribution in [0.1, 0.15) is 15.9 Å². The second kappa shape index (κ2) is 6.51. The van der Waals surface area contributed by atoms with Crippen LogP contribution in [-0.4, -0.2) is 27.8 Å². The molecule has 0 bridgehead atoms. The Morgan fingerprint density at radius 3 is 2.42 bits per heavy atom. The van der Waals surface area contributed by atoms with Gasteiger partial charge in [0.25, 0.3) is 5.91 Å². The van der Waals surface area contributed by atoms with Gasteiger partial charge in [0.2, 0.25) is 0 Å². The maximum atomic E-state index is 12.6. The van der Waals surface area contributed by atoms with Gasteiger partial charge in [0.15, 0.2) is 5.82 Å². The van der Waals surface area contributed by atoms with Crippen molar-refractivity contribution in [3.8, 4) is 22.8 Å². The predicted molar refractivity (Wildman–Crippen MR) is 86.9 cm³/mol. The molecular weight excluding hydrogens is 349 g/mol. The van der Waals surface area contributed by atoms with E-state index in [9.17, 15) is 18.0 Å². The van der Waals surface area contributed by atoms with Crippen molar-refractivity contribution in [1.82, 2.24) is 14.8 Å². The lowest BCUT2D eigenvalue weighted by Gasteiger charge is -2.07. The Labute approximate surface area is 146 Å². The first kappa shape index (κ1) is 17.5. The fraction of sp³-hybridized carbons (Fsp3) is 0.118. The van der Waals surface area contributed by atoms with Gasteiger partial charge in [-0.1, -0.05) is 6.07 Å². The average molecular weight is 362 g/mol. The van der Waals surface area contributed by atoms with Crippen LogP contribution >= 0.6 is 0 Å². The molecule has 0 spiro atoms. The summed E-state index contributed by atoms with van der Waals surface area (Å²) in [6, 6.07) is 9.22. The van der Waals surface area contributed by atoms with E-state index >= 15 is 0 Å². The van der Waals surface area contributed by atoms with Gasteiger partial charge in [-0.25, -0.2) is 9.67 Å². The highest BCUT2D eigenvalue weighted by Crippen LogP contribution is 2.30. The normalized spacial score (nSPS) is 11.4. The summed E-state index contributed by atoms with van der Waals surface area (Å²) in [7, 11) is 1.40. The molecule has 134 valence electrons. The third kappa shape index (κ3) is 3.37. The van der Waals surface area contributed by atoms with E-state index in [2.05, 4.69) is 10.1 Å². The lowest BCUT2D eigenvalue weighted by molar-refractivity contribution is -0.137. The van der Waals surface area contributed by atoms with Gasteiger partial charge in [-0.15, -0.1) is 5.10 Å². The summed E-state index contributed by atoms with van der Waals surface area (Å²) in [5.74, 6) is -0.0308. The van der Waals surface area contributed by atoms with E-state index in [1.165, 1.54) is 36.3 Å². The van der Waals surface area contributed by atoms with Crippen LogP contribution in [0.5, 0.6) is 5.75 Å². The number of carbonyl (C=O) groups excluding carboxylic acids is 1. The Hall–Kier alpha value is -3.36. The van der Waals surface area contributed by atoms with Gasteiger partial charge in [-0.05, 0) is 36.4 Å². The van der Waals surface area contributed by atoms with Crippen LogP contribution in [0, 0.1) is 0 Å². The zero-order chi connectivity index (χ0) is 18.9. The van der Waals surface area contributed by atoms with Crippen molar-refractivity contribution in [2.24, 2.45) is 5.73 Å². The van der Waals surface area contributed by atoms with Crippen molar-refractivity contribution in [3.05, 3.63) is 59.9 Å². The molecule has 1 heterocycles. The van der Waals surface area contributed by atoms with E-state index in [-0.39, 0.29) is 11.3 Å². The Bertz CT molecular complexity index is 949. The number of ether oxygens (including phenoxy) is 1. The first-order valence-corrected chi connectivity index (χ1v) is 7.37. The fourth-order valence-electron chi connectivity index (χ4n) is 2.36. The number of nitrogens with zero attached hydrogens (tertiary/aromatic N) is 3. The van der Waals surface area contributed by atoms with E-state index in [0.29, 0.717) is 17.1 Å². The lowest BCUT2D eigenvalue weighted by atomic mass is 10.1. The first-order valence-electron chi connectivity index (χ1n) is 7.37. The zero-order valence-corrected chi connectivity index (χ0v) is 13.5. The molecular formula is C17H13F3N4O2. The smallest absolute Gasteiger partial charge is 0.416 e. The van der Waals surface area contributed by atoms with E-state index < -0.39 is 17.6 Å². The number of amides is 1. The molecule has 0 unspecified atom stereocenters. The molecule has 6 nitrogen and oxygen atoms in total. The summed E-state index contributed by atoms with van der Waals surface area (Å²) >= 11 is 0. The van der Waals surface area contributed by atoms with Crippen molar-refractivity contribution in [2.45, 2.75) is 6.18 Å². The highest BCUT2D eigenvalue weighted by molar-refractivity contribution is 5.96. The quantitative estimate of drug-likeness (QED) is 0.773. The van der Waals surface area contributed by atoms with E-state index in [4.69, 9.17) is 10.5 Å². The van der Waals surface area contributed by atoms with E-state index in [1.54, 1.807) is 12.1 Å². The van der Waals surface area contributed by atoms with Crippen LogP contribution in [0.2, 0.25) is 0 Å². The SMILES string of the molecule is COc1cc(-c2ncn(-c3ccc(C(F)(F)F)cc3)n2)ccc1C(N)=O. The maximum absolute atomic E-state index is 12.6. The minimum Gasteiger partial charge on any atom is -0.496 e. The van der Waals surface area contributed by atoms with Gasteiger partial charge < -0.3 is 10.5 Å². The number of hydrogen-bond donors (Lipinski definition) is 1. The average Bonchev–Trinajstić information content (AvgIpc) is 3.10. The van der Waals surface area contributed by atoms with Crippen LogP contribution in [0.3, 0.4) is 0 Å². The second-order valence-electron chi connectivity index (χ2n) is 5.34. The van der Waals surface area contributed by atoms with Crippen molar-refractivity contribution in [1.29, 1.82) is 0 Å². The van der Waals surface area contributed by atoms with Gasteiger partial charge in [-0.2, -0.15) is 13.2 Å². The minimum atomic E-state index is -4.40. The van der Waals surface area contributed by atoms with Crippen LogP contribution in [-0.2, 0) is 6.18 Å². The van der Waals surface area contributed by atoms with Crippen LogP contribution in [0.4, 0.5) is 13.2 Å². The molecule has 2 aromatic carbocycles. The van der Waals surface area contributed by atoms with Crippen molar-refractivity contribution in [3.63, 3.8) is 0 Å². The number of carbonyl (C=O) groups is 1. The summed E-state index contributed by atoms with van der Waals surface area (Å²) < 4.78 is 44.4. The second-order valence-corrected chi connectivity index (χ2v) is 5.34. The topological polar surface area (TPSA) is 83.0 Å². The lowest BCUT2D eigenvalue weighted by Crippen LogP contribution is -2.12. The number of aromatic nitrogens is 3. The molecule has 3 aromatic rings. The molecule has 1 amide bonds. The summed E-state index contributed by atoms with van der Waals surface area (Å²) in [6.07, 6.45) is -3.02. The Balaban J connectivity index is 1.92. The molecule has 3 rings (SSSR count). The molecule has 9 heteroatoms. The van der Waals surface area contributed by atoms with Crippen LogP contribution < -0.4 is 10.5 Å². The molecule has 0 saturated heterocycles. The zero-order valence-electron chi connectivity index (χ0n) is 13.5. The summed E-state index contributed by atoms with van der Waals surface area (Å²) in [5.41, 5.74) is 5.74. The molecule has 0 saturated carbocycles. The molecule has 0 fully saturated rings. The van der Waals surface area contributed by atoms with Crippen LogP contribution in [0.15, 0.2) is 48.8 Å². The van der Waals surface area contributed by atoms with Gasteiger partial charge in [0, 0.05) is 5.56 Å². The number of methoxy groups -OCH3 is 1. The number of halogens is 3. The van der Waals surface area contributed by atoms with Crippen molar-refractivity contribution >= 4 is 5.91 Å². The van der Waals surface area contributed by atoms with Crippen molar-refractivity contribution in [2.75, 3.05) is 7.11 Å². The van der Waals surface area contributed by atoms with E-state index in [1.807, 2.05) is 0 Å². The fourth-order valence-corrected chi connectivity index (χ4v) is 2.36. The van der Waals surface area contributed by atoms with Gasteiger partial charge in [0.1, 0.15) is 12.1 Å². The highest BCUT2D eigenvalue weighted by atomic mass is 19.4. The van der Waals surface area contributed by atoms with Gasteiger partial charge in [-0.3, -0.25) is 4.79 Å². The number of benzene rings is 2. The number of hydrogen-bond acceptors (Lipinski definition) is 4. The van der Waals surface area contributed by atoms with Gasteiger partial charge in [0.05, 0.1) is 23.9 Å². The largest absolute Gasteiger partial charge is 0.496 e. The molecule has 0 aliphatic heterocycles.